The molecule has 0 aliphatic carbocycles. The first kappa shape index (κ1) is 27.4. The van der Waals surface area contributed by atoms with E-state index in [9.17, 15) is 0 Å². The van der Waals surface area contributed by atoms with Crippen molar-refractivity contribution in [1.29, 1.82) is 0 Å². The van der Waals surface area contributed by atoms with E-state index in [1.165, 1.54) is 56.7 Å². The fourth-order valence-electron chi connectivity index (χ4n) is 6.72. The monoisotopic (exact) mass is 647 g/mol. The van der Waals surface area contributed by atoms with Gasteiger partial charge in [-0.2, -0.15) is 0 Å². The Morgan fingerprint density at radius 2 is 0.917 bits per heavy atom. The van der Waals surface area contributed by atoms with Gasteiger partial charge < -0.3 is 0 Å². The maximum absolute atomic E-state index is 5.16. The summed E-state index contributed by atoms with van der Waals surface area (Å²) in [5, 5.41) is 7.50. The minimum Gasteiger partial charge on any atom is -0.208 e. The van der Waals surface area contributed by atoms with Gasteiger partial charge in [-0.25, -0.2) is 15.0 Å². The molecule has 0 radical (unpaired) electrons. The summed E-state index contributed by atoms with van der Waals surface area (Å²) in [5.74, 6) is 2.02. The minimum absolute atomic E-state index is 0.662. The van der Waals surface area contributed by atoms with E-state index in [4.69, 9.17) is 15.0 Å². The molecule has 0 aliphatic heterocycles. The molecule has 7 aromatic carbocycles. The van der Waals surface area contributed by atoms with Gasteiger partial charge in [-0.3, -0.25) is 0 Å². The maximum atomic E-state index is 5.16. The van der Waals surface area contributed by atoms with Gasteiger partial charge in [-0.15, -0.1) is 22.7 Å². The molecule has 0 saturated carbocycles. The van der Waals surface area contributed by atoms with Crippen LogP contribution in [0.15, 0.2) is 152 Å². The SMILES string of the molecule is c1ccc2cc(-c3ccc(-c4nc(-c5ccc6c(c5)sc5ccccc56)nc(-c5cccc6c5sc5ccccc56)n4)cc3)ccc2c1. The van der Waals surface area contributed by atoms with Gasteiger partial charge in [0.1, 0.15) is 0 Å². The summed E-state index contributed by atoms with van der Waals surface area (Å²) in [5.41, 5.74) is 5.30. The van der Waals surface area contributed by atoms with Crippen molar-refractivity contribution >= 4 is 73.8 Å². The van der Waals surface area contributed by atoms with E-state index >= 15 is 0 Å². The van der Waals surface area contributed by atoms with E-state index in [1.807, 2.05) is 0 Å². The van der Waals surface area contributed by atoms with Gasteiger partial charge >= 0.3 is 0 Å². The summed E-state index contributed by atoms with van der Waals surface area (Å²) in [6.45, 7) is 0. The molecule has 0 bridgehead atoms. The van der Waals surface area contributed by atoms with Crippen LogP contribution in [0.1, 0.15) is 0 Å². The number of benzene rings is 7. The third kappa shape index (κ3) is 4.51. The van der Waals surface area contributed by atoms with Crippen LogP contribution < -0.4 is 0 Å². The number of hydrogen-bond acceptors (Lipinski definition) is 5. The molecule has 0 unspecified atom stereocenters. The Morgan fingerprint density at radius 3 is 1.75 bits per heavy atom. The van der Waals surface area contributed by atoms with Crippen molar-refractivity contribution in [2.24, 2.45) is 0 Å². The van der Waals surface area contributed by atoms with E-state index < -0.39 is 0 Å². The van der Waals surface area contributed by atoms with Crippen LogP contribution in [0.3, 0.4) is 0 Å². The van der Waals surface area contributed by atoms with Crippen LogP contribution in [0, 0.1) is 0 Å². The molecule has 3 aromatic heterocycles. The number of rotatable bonds is 4. The normalized spacial score (nSPS) is 11.8. The predicted octanol–water partition coefficient (Wildman–Crippen LogP) is 12.4. The molecule has 3 nitrogen and oxygen atoms in total. The van der Waals surface area contributed by atoms with Crippen molar-refractivity contribution in [3.63, 3.8) is 0 Å². The fourth-order valence-corrected chi connectivity index (χ4v) is 9.08. The first-order valence-corrected chi connectivity index (χ1v) is 17.6. The largest absolute Gasteiger partial charge is 0.208 e. The average molecular weight is 648 g/mol. The van der Waals surface area contributed by atoms with Crippen molar-refractivity contribution in [3.8, 4) is 45.3 Å². The molecule has 5 heteroatoms. The van der Waals surface area contributed by atoms with Crippen molar-refractivity contribution in [1.82, 2.24) is 15.0 Å². The Kier molecular flexibility index (Phi) is 6.22. The summed E-state index contributed by atoms with van der Waals surface area (Å²) < 4.78 is 4.95. The number of nitrogens with zero attached hydrogens (tertiary/aromatic N) is 3. The van der Waals surface area contributed by atoms with Crippen molar-refractivity contribution < 1.29 is 0 Å². The van der Waals surface area contributed by atoms with Gasteiger partial charge in [0, 0.05) is 57.0 Å². The highest BCUT2D eigenvalue weighted by Crippen LogP contribution is 2.40. The zero-order chi connectivity index (χ0) is 31.6. The Morgan fingerprint density at radius 1 is 0.333 bits per heavy atom. The highest BCUT2D eigenvalue weighted by atomic mass is 32.1. The van der Waals surface area contributed by atoms with E-state index in [-0.39, 0.29) is 0 Å². The molecule has 0 fully saturated rings. The third-order valence-electron chi connectivity index (χ3n) is 9.14. The molecule has 0 aliphatic rings. The zero-order valence-corrected chi connectivity index (χ0v) is 27.2. The molecule has 3 heterocycles. The number of aromatic nitrogens is 3. The first-order chi connectivity index (χ1) is 23.7. The van der Waals surface area contributed by atoms with Crippen LogP contribution in [0.2, 0.25) is 0 Å². The first-order valence-electron chi connectivity index (χ1n) is 15.9. The highest BCUT2D eigenvalue weighted by Gasteiger charge is 2.17. The summed E-state index contributed by atoms with van der Waals surface area (Å²) >= 11 is 3.60. The number of fused-ring (bicyclic) bond motifs is 7. The molecule has 0 atom stereocenters. The smallest absolute Gasteiger partial charge is 0.165 e. The van der Waals surface area contributed by atoms with Crippen LogP contribution in [0.25, 0.3) is 96.4 Å². The second-order valence-corrected chi connectivity index (χ2v) is 14.2. The molecular weight excluding hydrogens is 623 g/mol. The number of thiophene rings is 2. The Bertz CT molecular complexity index is 2850. The molecule has 10 aromatic rings. The van der Waals surface area contributed by atoms with Crippen molar-refractivity contribution in [2.75, 3.05) is 0 Å². The van der Waals surface area contributed by atoms with Crippen LogP contribution in [0.5, 0.6) is 0 Å². The highest BCUT2D eigenvalue weighted by molar-refractivity contribution is 7.26. The predicted molar refractivity (Wildman–Crippen MR) is 205 cm³/mol. The molecular formula is C43H25N3S2. The van der Waals surface area contributed by atoms with Gasteiger partial charge in [-0.1, -0.05) is 121 Å². The molecule has 10 rings (SSSR count). The lowest BCUT2D eigenvalue weighted by Crippen LogP contribution is -2.00. The van der Waals surface area contributed by atoms with Gasteiger partial charge in [0.05, 0.1) is 0 Å². The van der Waals surface area contributed by atoms with Crippen LogP contribution in [-0.2, 0) is 0 Å². The van der Waals surface area contributed by atoms with Gasteiger partial charge in [0.15, 0.2) is 17.5 Å². The average Bonchev–Trinajstić information content (AvgIpc) is 3.73. The molecule has 224 valence electrons. The molecule has 48 heavy (non-hydrogen) atoms. The Balaban J connectivity index is 1.14. The quantitative estimate of drug-likeness (QED) is 0.191. The van der Waals surface area contributed by atoms with Crippen LogP contribution in [-0.4, -0.2) is 15.0 Å². The number of hydrogen-bond donors (Lipinski definition) is 0. The zero-order valence-electron chi connectivity index (χ0n) is 25.6. The molecule has 0 spiro atoms. The molecule has 0 saturated heterocycles. The van der Waals surface area contributed by atoms with E-state index in [2.05, 4.69) is 152 Å². The van der Waals surface area contributed by atoms with Gasteiger partial charge in [0.2, 0.25) is 0 Å². The van der Waals surface area contributed by atoms with Crippen molar-refractivity contribution in [2.45, 2.75) is 0 Å². The topological polar surface area (TPSA) is 38.7 Å². The van der Waals surface area contributed by atoms with E-state index in [0.717, 1.165) is 22.3 Å². The lowest BCUT2D eigenvalue weighted by atomic mass is 10.00. The standard InChI is InChI=1S/C43H25N3S2/c1-2-9-29-24-30(21-18-26(29)8-1)27-16-19-28(20-17-27)41-44-42(31-22-23-34-32-10-3-5-14-37(32)47-39(34)25-31)46-43(45-41)36-13-7-12-35-33-11-4-6-15-38(33)48-40(35)36/h1-25H. The minimum atomic E-state index is 0.662. The van der Waals surface area contributed by atoms with Gasteiger partial charge in [0.25, 0.3) is 0 Å². The second-order valence-electron chi connectivity index (χ2n) is 12.0. The Labute approximate surface area is 284 Å². The van der Waals surface area contributed by atoms with Gasteiger partial charge in [-0.05, 0) is 52.2 Å². The third-order valence-corrected chi connectivity index (χ3v) is 11.5. The Hall–Kier alpha value is -5.75. The maximum Gasteiger partial charge on any atom is 0.165 e. The summed E-state index contributed by atoms with van der Waals surface area (Å²) in [6.07, 6.45) is 0. The summed E-state index contributed by atoms with van der Waals surface area (Å²) in [4.78, 5) is 15.4. The second kappa shape index (κ2) is 10.9. The fraction of sp³-hybridized carbons (Fsp3) is 0. The van der Waals surface area contributed by atoms with E-state index in [1.54, 1.807) is 22.7 Å². The lowest BCUT2D eigenvalue weighted by molar-refractivity contribution is 1.08. The molecule has 0 amide bonds. The summed E-state index contributed by atoms with van der Waals surface area (Å²) in [6, 6.07) is 53.9. The van der Waals surface area contributed by atoms with Crippen LogP contribution in [0.4, 0.5) is 0 Å². The molecule has 0 N–H and O–H groups in total. The van der Waals surface area contributed by atoms with E-state index in [0.29, 0.717) is 17.5 Å². The van der Waals surface area contributed by atoms with Crippen molar-refractivity contribution in [3.05, 3.63) is 152 Å². The lowest BCUT2D eigenvalue weighted by Gasteiger charge is -2.10. The van der Waals surface area contributed by atoms with Crippen LogP contribution >= 0.6 is 22.7 Å². The summed E-state index contributed by atoms with van der Waals surface area (Å²) in [7, 11) is 0.